The molecule has 0 aliphatic carbocycles. The van der Waals surface area contributed by atoms with Gasteiger partial charge >= 0.3 is 0 Å². The molecule has 1 aliphatic rings. The van der Waals surface area contributed by atoms with Gasteiger partial charge in [-0.3, -0.25) is 4.90 Å². The molecule has 5 heteroatoms. The third-order valence-electron chi connectivity index (χ3n) is 3.16. The van der Waals surface area contributed by atoms with Crippen molar-refractivity contribution in [2.24, 2.45) is 0 Å². The Bertz CT molecular complexity index is 403. The maximum absolute atomic E-state index is 13.7. The Balaban J connectivity index is 0.00000180. The molecule has 1 aromatic rings. The first-order chi connectivity index (χ1) is 8.69. The van der Waals surface area contributed by atoms with Gasteiger partial charge in [0.1, 0.15) is 0 Å². The zero-order valence-electron chi connectivity index (χ0n) is 11.5. The van der Waals surface area contributed by atoms with E-state index in [1.807, 2.05) is 13.0 Å². The van der Waals surface area contributed by atoms with Crippen LogP contribution in [0.5, 0.6) is 5.75 Å². The molecular formula is C14H22ClFN2O. The molecule has 0 amide bonds. The van der Waals surface area contributed by atoms with Gasteiger partial charge in [0.05, 0.1) is 6.61 Å². The Morgan fingerprint density at radius 1 is 1.47 bits per heavy atom. The van der Waals surface area contributed by atoms with E-state index < -0.39 is 0 Å². The number of nitrogens with one attached hydrogen (secondary N) is 1. The van der Waals surface area contributed by atoms with Gasteiger partial charge in [0.15, 0.2) is 11.6 Å². The van der Waals surface area contributed by atoms with Crippen LogP contribution in [-0.4, -0.2) is 37.2 Å². The fraction of sp³-hybridized carbons (Fsp3) is 0.571. The fourth-order valence-corrected chi connectivity index (χ4v) is 2.33. The molecule has 0 spiro atoms. The molecule has 0 aromatic heterocycles. The molecule has 1 fully saturated rings. The molecule has 1 aromatic carbocycles. The van der Waals surface area contributed by atoms with Crippen molar-refractivity contribution in [1.82, 2.24) is 10.2 Å². The number of hydrogen-bond acceptors (Lipinski definition) is 3. The molecule has 3 nitrogen and oxygen atoms in total. The highest BCUT2D eigenvalue weighted by molar-refractivity contribution is 5.85. The predicted molar refractivity (Wildman–Crippen MR) is 77.6 cm³/mol. The van der Waals surface area contributed by atoms with Gasteiger partial charge in [0, 0.05) is 32.2 Å². The second-order valence-electron chi connectivity index (χ2n) is 4.79. The van der Waals surface area contributed by atoms with Crippen molar-refractivity contribution >= 4 is 12.4 Å². The molecule has 2 rings (SSSR count). The van der Waals surface area contributed by atoms with E-state index in [-0.39, 0.29) is 18.2 Å². The van der Waals surface area contributed by atoms with E-state index in [1.54, 1.807) is 12.1 Å². The summed E-state index contributed by atoms with van der Waals surface area (Å²) in [6.45, 7) is 8.34. The van der Waals surface area contributed by atoms with Crippen LogP contribution in [0.15, 0.2) is 18.2 Å². The minimum atomic E-state index is -0.266. The van der Waals surface area contributed by atoms with Gasteiger partial charge in [-0.05, 0) is 31.5 Å². The minimum absolute atomic E-state index is 0. The molecule has 0 radical (unpaired) electrons. The highest BCUT2D eigenvalue weighted by Gasteiger charge is 2.16. The van der Waals surface area contributed by atoms with Gasteiger partial charge in [-0.1, -0.05) is 6.07 Å². The van der Waals surface area contributed by atoms with Gasteiger partial charge in [0.25, 0.3) is 0 Å². The first-order valence-electron chi connectivity index (χ1n) is 6.56. The van der Waals surface area contributed by atoms with Crippen molar-refractivity contribution in [3.05, 3.63) is 29.6 Å². The summed E-state index contributed by atoms with van der Waals surface area (Å²) in [6.07, 6.45) is 0. The number of benzene rings is 1. The lowest BCUT2D eigenvalue weighted by Crippen LogP contribution is -2.48. The summed E-state index contributed by atoms with van der Waals surface area (Å²) in [4.78, 5) is 2.34. The van der Waals surface area contributed by atoms with Crippen molar-refractivity contribution in [2.45, 2.75) is 26.4 Å². The molecule has 1 atom stereocenters. The van der Waals surface area contributed by atoms with E-state index >= 15 is 0 Å². The quantitative estimate of drug-likeness (QED) is 0.921. The van der Waals surface area contributed by atoms with Gasteiger partial charge in [0.2, 0.25) is 0 Å². The van der Waals surface area contributed by atoms with E-state index in [4.69, 9.17) is 4.74 Å². The lowest BCUT2D eigenvalue weighted by molar-refractivity contribution is 0.199. The van der Waals surface area contributed by atoms with Crippen LogP contribution in [0, 0.1) is 5.82 Å². The summed E-state index contributed by atoms with van der Waals surface area (Å²) < 4.78 is 18.9. The van der Waals surface area contributed by atoms with Crippen molar-refractivity contribution < 1.29 is 9.13 Å². The molecule has 0 saturated carbocycles. The van der Waals surface area contributed by atoms with Crippen LogP contribution in [0.25, 0.3) is 0 Å². The standard InChI is InChI=1S/C14H21FN2O.ClH/c1-3-18-14-5-4-12(8-13(14)15)10-17-7-6-16-11(2)9-17;/h4-5,8,11,16H,3,6-7,9-10H2,1-2H3;1H/t11-;/m0./s1. The number of rotatable bonds is 4. The average molecular weight is 289 g/mol. The maximum atomic E-state index is 13.7. The summed E-state index contributed by atoms with van der Waals surface area (Å²) in [6, 6.07) is 5.75. The van der Waals surface area contributed by atoms with Gasteiger partial charge in [-0.25, -0.2) is 4.39 Å². The summed E-state index contributed by atoms with van der Waals surface area (Å²) in [5.41, 5.74) is 1.00. The van der Waals surface area contributed by atoms with Crippen LogP contribution in [0.2, 0.25) is 0 Å². The summed E-state index contributed by atoms with van der Waals surface area (Å²) in [5, 5.41) is 3.40. The third-order valence-corrected chi connectivity index (χ3v) is 3.16. The number of piperazine rings is 1. The van der Waals surface area contributed by atoms with Gasteiger partial charge < -0.3 is 10.1 Å². The summed E-state index contributed by atoms with van der Waals surface area (Å²) >= 11 is 0. The lowest BCUT2D eigenvalue weighted by atomic mass is 10.1. The number of ether oxygens (including phenoxy) is 1. The number of hydrogen-bond donors (Lipinski definition) is 1. The second-order valence-corrected chi connectivity index (χ2v) is 4.79. The monoisotopic (exact) mass is 288 g/mol. The molecule has 108 valence electrons. The Morgan fingerprint density at radius 2 is 2.26 bits per heavy atom. The molecular weight excluding hydrogens is 267 g/mol. The van der Waals surface area contributed by atoms with Crippen molar-refractivity contribution in [3.63, 3.8) is 0 Å². The minimum Gasteiger partial charge on any atom is -0.491 e. The van der Waals surface area contributed by atoms with Crippen LogP contribution >= 0.6 is 12.4 Å². The van der Waals surface area contributed by atoms with Gasteiger partial charge in [-0.15, -0.1) is 12.4 Å². The predicted octanol–water partition coefficient (Wildman–Crippen LogP) is 2.44. The largest absolute Gasteiger partial charge is 0.491 e. The van der Waals surface area contributed by atoms with E-state index in [0.29, 0.717) is 18.4 Å². The highest BCUT2D eigenvalue weighted by atomic mass is 35.5. The van der Waals surface area contributed by atoms with E-state index in [2.05, 4.69) is 17.1 Å². The van der Waals surface area contributed by atoms with Crippen LogP contribution in [-0.2, 0) is 6.54 Å². The Morgan fingerprint density at radius 3 is 2.89 bits per heavy atom. The van der Waals surface area contributed by atoms with E-state index in [9.17, 15) is 4.39 Å². The summed E-state index contributed by atoms with van der Waals surface area (Å²) in [5.74, 6) is 0.0764. The fourth-order valence-electron chi connectivity index (χ4n) is 2.33. The Kier molecular flexibility index (Phi) is 6.55. The second kappa shape index (κ2) is 7.68. The molecule has 19 heavy (non-hydrogen) atoms. The zero-order chi connectivity index (χ0) is 13.0. The van der Waals surface area contributed by atoms with Crippen LogP contribution < -0.4 is 10.1 Å². The smallest absolute Gasteiger partial charge is 0.165 e. The van der Waals surface area contributed by atoms with E-state index in [1.165, 1.54) is 0 Å². The van der Waals surface area contributed by atoms with Crippen LogP contribution in [0.3, 0.4) is 0 Å². The van der Waals surface area contributed by atoms with E-state index in [0.717, 1.165) is 31.7 Å². The first kappa shape index (κ1) is 16.2. The topological polar surface area (TPSA) is 24.5 Å². The lowest BCUT2D eigenvalue weighted by Gasteiger charge is -2.31. The molecule has 1 saturated heterocycles. The van der Waals surface area contributed by atoms with Crippen LogP contribution in [0.4, 0.5) is 4.39 Å². The molecule has 0 unspecified atom stereocenters. The maximum Gasteiger partial charge on any atom is 0.165 e. The Labute approximate surface area is 120 Å². The molecule has 0 bridgehead atoms. The Hall–Kier alpha value is -0.840. The number of nitrogens with zero attached hydrogens (tertiary/aromatic N) is 1. The molecule has 1 N–H and O–H groups in total. The highest BCUT2D eigenvalue weighted by Crippen LogP contribution is 2.19. The third kappa shape index (κ3) is 4.64. The SMILES string of the molecule is CCOc1ccc(CN2CCN[C@@H](C)C2)cc1F.Cl. The zero-order valence-corrected chi connectivity index (χ0v) is 12.3. The normalized spacial score (nSPS) is 19.8. The molecule has 1 heterocycles. The van der Waals surface area contributed by atoms with Gasteiger partial charge in [-0.2, -0.15) is 0 Å². The average Bonchev–Trinajstić information content (AvgIpc) is 2.33. The first-order valence-corrected chi connectivity index (χ1v) is 6.56. The van der Waals surface area contributed by atoms with Crippen molar-refractivity contribution in [1.29, 1.82) is 0 Å². The molecule has 1 aliphatic heterocycles. The van der Waals surface area contributed by atoms with Crippen LogP contribution in [0.1, 0.15) is 19.4 Å². The van der Waals surface area contributed by atoms with Crippen molar-refractivity contribution in [3.8, 4) is 5.75 Å². The van der Waals surface area contributed by atoms with Crippen molar-refractivity contribution in [2.75, 3.05) is 26.2 Å². The summed E-state index contributed by atoms with van der Waals surface area (Å²) in [7, 11) is 0. The number of halogens is 2.